The van der Waals surface area contributed by atoms with Gasteiger partial charge in [0.15, 0.2) is 0 Å². The fourth-order valence-corrected chi connectivity index (χ4v) is 1.92. The molecule has 96 valence electrons. The Kier molecular flexibility index (Phi) is 4.26. The van der Waals surface area contributed by atoms with E-state index < -0.39 is 0 Å². The summed E-state index contributed by atoms with van der Waals surface area (Å²) in [5.41, 5.74) is 2.07. The predicted molar refractivity (Wildman–Crippen MR) is 76.7 cm³/mol. The van der Waals surface area contributed by atoms with Crippen LogP contribution in [0.15, 0.2) is 30.5 Å². The summed E-state index contributed by atoms with van der Waals surface area (Å²) in [4.78, 5) is 4.50. The Morgan fingerprint density at radius 2 is 2.00 bits per heavy atom. The van der Waals surface area contributed by atoms with Crippen molar-refractivity contribution in [1.82, 2.24) is 9.55 Å². The van der Waals surface area contributed by atoms with Crippen LogP contribution >= 0.6 is 11.6 Å². The Balaban J connectivity index is 2.23. The summed E-state index contributed by atoms with van der Waals surface area (Å²) in [7, 11) is 0. The molecule has 0 radical (unpaired) electrons. The van der Waals surface area contributed by atoms with Crippen LogP contribution < -0.4 is 5.32 Å². The van der Waals surface area contributed by atoms with Crippen LogP contribution in [0.2, 0.25) is 5.02 Å². The van der Waals surface area contributed by atoms with Crippen molar-refractivity contribution < 1.29 is 0 Å². The van der Waals surface area contributed by atoms with Gasteiger partial charge in [0, 0.05) is 23.5 Å². The highest BCUT2D eigenvalue weighted by atomic mass is 35.5. The molecule has 1 heterocycles. The average Bonchev–Trinajstić information content (AvgIpc) is 2.72. The van der Waals surface area contributed by atoms with Gasteiger partial charge in [0.2, 0.25) is 5.95 Å². The number of halogens is 1. The third-order valence-electron chi connectivity index (χ3n) is 2.74. The molecule has 0 spiro atoms. The topological polar surface area (TPSA) is 29.9 Å². The number of unbranched alkanes of at least 4 members (excludes halogenated alkanes) is 1. The predicted octanol–water partition coefficient (Wildman–Crippen LogP) is 4.05. The van der Waals surface area contributed by atoms with Crippen molar-refractivity contribution in [3.05, 3.63) is 41.2 Å². The number of imidazole rings is 1. The van der Waals surface area contributed by atoms with Crippen LogP contribution in [0.25, 0.3) is 5.69 Å². The van der Waals surface area contributed by atoms with Crippen LogP contribution in [0.1, 0.15) is 25.5 Å². The minimum Gasteiger partial charge on any atom is -0.355 e. The van der Waals surface area contributed by atoms with Crippen molar-refractivity contribution in [2.45, 2.75) is 26.7 Å². The minimum atomic E-state index is 0.746. The zero-order chi connectivity index (χ0) is 13.0. The Hall–Kier alpha value is -1.48. The molecular formula is C14H18ClN3. The number of anilines is 1. The van der Waals surface area contributed by atoms with Crippen molar-refractivity contribution in [3.63, 3.8) is 0 Å². The normalized spacial score (nSPS) is 10.6. The first-order valence-electron chi connectivity index (χ1n) is 6.26. The van der Waals surface area contributed by atoms with Gasteiger partial charge in [0.05, 0.1) is 5.69 Å². The lowest BCUT2D eigenvalue weighted by atomic mass is 10.3. The van der Waals surface area contributed by atoms with E-state index in [1.165, 1.54) is 6.42 Å². The van der Waals surface area contributed by atoms with E-state index in [2.05, 4.69) is 21.8 Å². The Morgan fingerprint density at radius 3 is 2.67 bits per heavy atom. The summed E-state index contributed by atoms with van der Waals surface area (Å²) in [5.74, 6) is 0.892. The molecule has 1 aromatic carbocycles. The molecule has 1 N–H and O–H groups in total. The smallest absolute Gasteiger partial charge is 0.207 e. The molecule has 0 aliphatic heterocycles. The van der Waals surface area contributed by atoms with Crippen molar-refractivity contribution in [3.8, 4) is 5.69 Å². The second-order valence-electron chi connectivity index (χ2n) is 4.33. The van der Waals surface area contributed by atoms with E-state index in [1.807, 2.05) is 37.4 Å². The summed E-state index contributed by atoms with van der Waals surface area (Å²) < 4.78 is 2.06. The van der Waals surface area contributed by atoms with E-state index in [1.54, 1.807) is 0 Å². The summed E-state index contributed by atoms with van der Waals surface area (Å²) in [6, 6.07) is 7.77. The molecule has 2 rings (SSSR count). The molecule has 0 saturated heterocycles. The monoisotopic (exact) mass is 263 g/mol. The van der Waals surface area contributed by atoms with Gasteiger partial charge in [-0.3, -0.25) is 4.57 Å². The molecule has 1 aromatic heterocycles. The van der Waals surface area contributed by atoms with Crippen LogP contribution in [0.5, 0.6) is 0 Å². The molecule has 4 heteroatoms. The van der Waals surface area contributed by atoms with E-state index in [0.29, 0.717) is 0 Å². The van der Waals surface area contributed by atoms with Gasteiger partial charge in [-0.1, -0.05) is 24.9 Å². The number of aromatic nitrogens is 2. The van der Waals surface area contributed by atoms with Gasteiger partial charge in [-0.25, -0.2) is 4.98 Å². The molecule has 0 unspecified atom stereocenters. The Bertz CT molecular complexity index is 502. The molecule has 0 amide bonds. The van der Waals surface area contributed by atoms with Crippen LogP contribution in [0, 0.1) is 6.92 Å². The van der Waals surface area contributed by atoms with Crippen molar-refractivity contribution in [1.29, 1.82) is 0 Å². The number of rotatable bonds is 5. The van der Waals surface area contributed by atoms with Gasteiger partial charge in [0.1, 0.15) is 0 Å². The Morgan fingerprint density at radius 1 is 1.28 bits per heavy atom. The van der Waals surface area contributed by atoms with Crippen molar-refractivity contribution in [2.24, 2.45) is 0 Å². The van der Waals surface area contributed by atoms with Gasteiger partial charge in [-0.05, 0) is 37.6 Å². The maximum atomic E-state index is 5.91. The SMILES string of the molecule is CCCCNc1nc(C)cn1-c1ccc(Cl)cc1. The summed E-state index contributed by atoms with van der Waals surface area (Å²) in [6.07, 6.45) is 4.34. The van der Waals surface area contributed by atoms with E-state index in [-0.39, 0.29) is 0 Å². The van der Waals surface area contributed by atoms with Gasteiger partial charge in [-0.15, -0.1) is 0 Å². The molecule has 0 aliphatic rings. The molecule has 2 aromatic rings. The van der Waals surface area contributed by atoms with Crippen molar-refractivity contribution in [2.75, 3.05) is 11.9 Å². The van der Waals surface area contributed by atoms with Crippen LogP contribution in [0.3, 0.4) is 0 Å². The lowest BCUT2D eigenvalue weighted by Crippen LogP contribution is -2.07. The molecule has 18 heavy (non-hydrogen) atoms. The number of hydrogen-bond donors (Lipinski definition) is 1. The van der Waals surface area contributed by atoms with Gasteiger partial charge in [0.25, 0.3) is 0 Å². The quantitative estimate of drug-likeness (QED) is 0.825. The molecule has 0 fully saturated rings. The second kappa shape index (κ2) is 5.91. The molecule has 0 aliphatic carbocycles. The van der Waals surface area contributed by atoms with Gasteiger partial charge < -0.3 is 5.32 Å². The van der Waals surface area contributed by atoms with Crippen LogP contribution in [-0.4, -0.2) is 16.1 Å². The highest BCUT2D eigenvalue weighted by Crippen LogP contribution is 2.18. The summed E-state index contributed by atoms with van der Waals surface area (Å²) >= 11 is 5.91. The third kappa shape index (κ3) is 3.05. The number of nitrogens with one attached hydrogen (secondary N) is 1. The number of nitrogens with zero attached hydrogens (tertiary/aromatic N) is 2. The van der Waals surface area contributed by atoms with Gasteiger partial charge in [-0.2, -0.15) is 0 Å². The molecule has 0 saturated carbocycles. The third-order valence-corrected chi connectivity index (χ3v) is 3.00. The standard InChI is InChI=1S/C14H18ClN3/c1-3-4-9-16-14-17-11(2)10-18(14)13-7-5-12(15)6-8-13/h5-8,10H,3-4,9H2,1-2H3,(H,16,17). The van der Waals surface area contributed by atoms with E-state index in [4.69, 9.17) is 11.6 Å². The fraction of sp³-hybridized carbons (Fsp3) is 0.357. The fourth-order valence-electron chi connectivity index (χ4n) is 1.80. The van der Waals surface area contributed by atoms with E-state index in [0.717, 1.165) is 35.3 Å². The average molecular weight is 264 g/mol. The lowest BCUT2D eigenvalue weighted by molar-refractivity contribution is 0.823. The summed E-state index contributed by atoms with van der Waals surface area (Å²) in [5, 5.41) is 4.11. The highest BCUT2D eigenvalue weighted by Gasteiger charge is 2.06. The number of aryl methyl sites for hydroxylation is 1. The summed E-state index contributed by atoms with van der Waals surface area (Å²) in [6.45, 7) is 5.12. The first kappa shape index (κ1) is 13.0. The maximum absolute atomic E-state index is 5.91. The zero-order valence-corrected chi connectivity index (χ0v) is 11.5. The highest BCUT2D eigenvalue weighted by molar-refractivity contribution is 6.30. The van der Waals surface area contributed by atoms with Crippen LogP contribution in [-0.2, 0) is 0 Å². The number of hydrogen-bond acceptors (Lipinski definition) is 2. The lowest BCUT2D eigenvalue weighted by Gasteiger charge is -2.09. The Labute approximate surface area is 113 Å². The zero-order valence-electron chi connectivity index (χ0n) is 10.8. The maximum Gasteiger partial charge on any atom is 0.207 e. The second-order valence-corrected chi connectivity index (χ2v) is 4.77. The van der Waals surface area contributed by atoms with E-state index >= 15 is 0 Å². The first-order chi connectivity index (χ1) is 8.70. The molecule has 0 bridgehead atoms. The molecular weight excluding hydrogens is 246 g/mol. The van der Waals surface area contributed by atoms with E-state index in [9.17, 15) is 0 Å². The number of benzene rings is 1. The largest absolute Gasteiger partial charge is 0.355 e. The van der Waals surface area contributed by atoms with Crippen molar-refractivity contribution >= 4 is 17.5 Å². The first-order valence-corrected chi connectivity index (χ1v) is 6.64. The van der Waals surface area contributed by atoms with Gasteiger partial charge >= 0.3 is 0 Å². The van der Waals surface area contributed by atoms with Crippen LogP contribution in [0.4, 0.5) is 5.95 Å². The molecule has 0 atom stereocenters. The molecule has 3 nitrogen and oxygen atoms in total. The minimum absolute atomic E-state index is 0.746.